The van der Waals surface area contributed by atoms with Gasteiger partial charge in [0.2, 0.25) is 0 Å². The second kappa shape index (κ2) is 8.11. The molecule has 0 amide bonds. The smallest absolute Gasteiger partial charge is 0.293 e. The topological polar surface area (TPSA) is 56.1 Å². The van der Waals surface area contributed by atoms with Gasteiger partial charge in [0, 0.05) is 44.6 Å². The van der Waals surface area contributed by atoms with Crippen molar-refractivity contribution in [1.29, 1.82) is 0 Å². The molecule has 5 nitrogen and oxygen atoms in total. The van der Waals surface area contributed by atoms with Crippen LogP contribution in [0.3, 0.4) is 0 Å². The quantitative estimate of drug-likeness (QED) is 0.733. The first kappa shape index (κ1) is 15.0. The number of rotatable bonds is 8. The molecular formula is C12H20ClN3O2. The van der Waals surface area contributed by atoms with Crippen LogP contribution in [0.2, 0.25) is 0 Å². The van der Waals surface area contributed by atoms with Crippen LogP contribution in [0, 0.1) is 0 Å². The number of methoxy groups -OCH3 is 1. The van der Waals surface area contributed by atoms with Gasteiger partial charge in [-0.1, -0.05) is 6.92 Å². The number of nitrogens with zero attached hydrogens (tertiary/aromatic N) is 2. The third-order valence-corrected chi connectivity index (χ3v) is 2.95. The van der Waals surface area contributed by atoms with Crippen molar-refractivity contribution in [3.05, 3.63) is 22.7 Å². The summed E-state index contributed by atoms with van der Waals surface area (Å²) in [6.45, 7) is 3.32. The van der Waals surface area contributed by atoms with E-state index in [2.05, 4.69) is 10.3 Å². The standard InChI is InChI=1S/C12H20ClN3O2/c1-3-6-16-7-5-14-11(12(16)17)15-10(9-13)4-8-18-2/h5,7,10H,3-4,6,8-9H2,1-2H3,(H,14,15). The van der Waals surface area contributed by atoms with Crippen molar-refractivity contribution in [3.8, 4) is 0 Å². The molecule has 1 aromatic heterocycles. The highest BCUT2D eigenvalue weighted by atomic mass is 35.5. The Hall–Kier alpha value is -1.07. The molecule has 0 bridgehead atoms. The molecule has 0 saturated carbocycles. The van der Waals surface area contributed by atoms with E-state index in [1.165, 1.54) is 0 Å². The monoisotopic (exact) mass is 273 g/mol. The first-order chi connectivity index (χ1) is 8.72. The van der Waals surface area contributed by atoms with Crippen LogP contribution >= 0.6 is 11.6 Å². The molecule has 1 atom stereocenters. The summed E-state index contributed by atoms with van der Waals surface area (Å²) < 4.78 is 6.65. The van der Waals surface area contributed by atoms with Crippen molar-refractivity contribution in [2.24, 2.45) is 0 Å². The molecule has 0 fully saturated rings. The fourth-order valence-corrected chi connectivity index (χ4v) is 1.84. The van der Waals surface area contributed by atoms with Gasteiger partial charge < -0.3 is 14.6 Å². The Morgan fingerprint density at radius 3 is 3.00 bits per heavy atom. The second-order valence-corrected chi connectivity index (χ2v) is 4.36. The molecule has 1 heterocycles. The highest BCUT2D eigenvalue weighted by molar-refractivity contribution is 6.18. The normalized spacial score (nSPS) is 12.4. The summed E-state index contributed by atoms with van der Waals surface area (Å²) in [7, 11) is 1.64. The summed E-state index contributed by atoms with van der Waals surface area (Å²) >= 11 is 5.85. The highest BCUT2D eigenvalue weighted by Crippen LogP contribution is 2.03. The van der Waals surface area contributed by atoms with E-state index in [1.54, 1.807) is 24.1 Å². The van der Waals surface area contributed by atoms with E-state index in [4.69, 9.17) is 16.3 Å². The van der Waals surface area contributed by atoms with Gasteiger partial charge in [0.25, 0.3) is 5.56 Å². The Morgan fingerprint density at radius 1 is 1.61 bits per heavy atom. The summed E-state index contributed by atoms with van der Waals surface area (Å²) in [5.41, 5.74) is -0.105. The van der Waals surface area contributed by atoms with Crippen LogP contribution in [0.5, 0.6) is 0 Å². The van der Waals surface area contributed by atoms with Gasteiger partial charge in [0.05, 0.1) is 0 Å². The number of nitrogens with one attached hydrogen (secondary N) is 1. The third kappa shape index (κ3) is 4.31. The number of hydrogen-bond acceptors (Lipinski definition) is 4. The number of halogens is 1. The number of aryl methyl sites for hydroxylation is 1. The lowest BCUT2D eigenvalue weighted by Crippen LogP contribution is -2.30. The fraction of sp³-hybridized carbons (Fsp3) is 0.667. The van der Waals surface area contributed by atoms with E-state index in [9.17, 15) is 4.79 Å². The number of alkyl halides is 1. The molecule has 1 unspecified atom stereocenters. The Balaban J connectivity index is 2.76. The highest BCUT2D eigenvalue weighted by Gasteiger charge is 2.11. The van der Waals surface area contributed by atoms with Gasteiger partial charge in [0.15, 0.2) is 5.82 Å². The van der Waals surface area contributed by atoms with Gasteiger partial charge in [-0.05, 0) is 12.8 Å². The number of aromatic nitrogens is 2. The van der Waals surface area contributed by atoms with Gasteiger partial charge >= 0.3 is 0 Å². The molecule has 0 aromatic carbocycles. The molecule has 6 heteroatoms. The van der Waals surface area contributed by atoms with Crippen LogP contribution in [0.25, 0.3) is 0 Å². The maximum atomic E-state index is 12.0. The van der Waals surface area contributed by atoms with Gasteiger partial charge in [0.1, 0.15) is 0 Å². The first-order valence-corrected chi connectivity index (χ1v) is 6.63. The number of hydrogen-bond donors (Lipinski definition) is 1. The molecular weight excluding hydrogens is 254 g/mol. The first-order valence-electron chi connectivity index (χ1n) is 6.09. The molecule has 102 valence electrons. The lowest BCUT2D eigenvalue weighted by molar-refractivity contribution is 0.191. The van der Waals surface area contributed by atoms with E-state index in [0.29, 0.717) is 24.8 Å². The van der Waals surface area contributed by atoms with Crippen molar-refractivity contribution in [3.63, 3.8) is 0 Å². The van der Waals surface area contributed by atoms with E-state index in [-0.39, 0.29) is 11.6 Å². The van der Waals surface area contributed by atoms with Gasteiger partial charge in [-0.2, -0.15) is 0 Å². The molecule has 1 aromatic rings. The zero-order valence-corrected chi connectivity index (χ0v) is 11.6. The maximum Gasteiger partial charge on any atom is 0.293 e. The van der Waals surface area contributed by atoms with Crippen LogP contribution < -0.4 is 10.9 Å². The van der Waals surface area contributed by atoms with Gasteiger partial charge in [-0.15, -0.1) is 11.6 Å². The summed E-state index contributed by atoms with van der Waals surface area (Å²) in [6, 6.07) is -0.00991. The average molecular weight is 274 g/mol. The Bertz CT molecular complexity index is 409. The van der Waals surface area contributed by atoms with Crippen LogP contribution in [-0.4, -0.2) is 35.2 Å². The van der Waals surface area contributed by atoms with Crippen molar-refractivity contribution in [2.45, 2.75) is 32.4 Å². The molecule has 18 heavy (non-hydrogen) atoms. The van der Waals surface area contributed by atoms with Crippen molar-refractivity contribution < 1.29 is 4.74 Å². The van der Waals surface area contributed by atoms with E-state index < -0.39 is 0 Å². The third-order valence-electron chi connectivity index (χ3n) is 2.58. The van der Waals surface area contributed by atoms with Crippen molar-refractivity contribution >= 4 is 17.4 Å². The second-order valence-electron chi connectivity index (χ2n) is 4.05. The summed E-state index contributed by atoms with van der Waals surface area (Å²) in [4.78, 5) is 16.1. The van der Waals surface area contributed by atoms with Gasteiger partial charge in [-0.3, -0.25) is 4.79 Å². The van der Waals surface area contributed by atoms with Crippen LogP contribution in [-0.2, 0) is 11.3 Å². The molecule has 0 radical (unpaired) electrons. The van der Waals surface area contributed by atoms with Crippen LogP contribution in [0.4, 0.5) is 5.82 Å². The maximum absolute atomic E-state index is 12.0. The molecule has 0 aliphatic rings. The summed E-state index contributed by atoms with van der Waals surface area (Å²) in [6.07, 6.45) is 4.97. The Labute approximate surface area is 112 Å². The largest absolute Gasteiger partial charge is 0.385 e. The predicted octanol–water partition coefficient (Wildman–Crippen LogP) is 1.71. The molecule has 1 N–H and O–H groups in total. The average Bonchev–Trinajstić information content (AvgIpc) is 2.39. The van der Waals surface area contributed by atoms with E-state index >= 15 is 0 Å². The van der Waals surface area contributed by atoms with E-state index in [1.807, 2.05) is 6.92 Å². The fourth-order valence-electron chi connectivity index (χ4n) is 1.60. The van der Waals surface area contributed by atoms with Crippen molar-refractivity contribution in [1.82, 2.24) is 9.55 Å². The minimum Gasteiger partial charge on any atom is -0.385 e. The van der Waals surface area contributed by atoms with E-state index in [0.717, 1.165) is 12.8 Å². The lowest BCUT2D eigenvalue weighted by atomic mass is 10.2. The Morgan fingerprint density at radius 2 is 2.39 bits per heavy atom. The SMILES string of the molecule is CCCn1ccnc(NC(CCl)CCOC)c1=O. The number of anilines is 1. The molecule has 0 aliphatic heterocycles. The van der Waals surface area contributed by atoms with Crippen molar-refractivity contribution in [2.75, 3.05) is 24.9 Å². The van der Waals surface area contributed by atoms with Crippen LogP contribution in [0.1, 0.15) is 19.8 Å². The van der Waals surface area contributed by atoms with Gasteiger partial charge in [-0.25, -0.2) is 4.98 Å². The zero-order chi connectivity index (χ0) is 13.4. The zero-order valence-electron chi connectivity index (χ0n) is 10.9. The summed E-state index contributed by atoms with van der Waals surface area (Å²) in [5.74, 6) is 0.764. The predicted molar refractivity (Wildman–Crippen MR) is 73.4 cm³/mol. The molecule has 0 saturated heterocycles. The molecule has 0 aliphatic carbocycles. The molecule has 1 rings (SSSR count). The summed E-state index contributed by atoms with van der Waals surface area (Å²) in [5, 5.41) is 3.07. The minimum absolute atomic E-state index is 0.00991. The minimum atomic E-state index is -0.105. The Kier molecular flexibility index (Phi) is 6.75. The lowest BCUT2D eigenvalue weighted by Gasteiger charge is -2.16. The number of ether oxygens (including phenoxy) is 1. The van der Waals surface area contributed by atoms with Crippen LogP contribution in [0.15, 0.2) is 17.2 Å². The molecule has 0 spiro atoms.